The summed E-state index contributed by atoms with van der Waals surface area (Å²) >= 11 is 0. The lowest BCUT2D eigenvalue weighted by Gasteiger charge is -2.19. The Morgan fingerprint density at radius 3 is 2.57 bits per heavy atom. The monoisotopic (exact) mass is 483 g/mol. The van der Waals surface area contributed by atoms with E-state index in [9.17, 15) is 18.8 Å². The van der Waals surface area contributed by atoms with Crippen LogP contribution in [0.25, 0.3) is 0 Å². The lowest BCUT2D eigenvalue weighted by Crippen LogP contribution is -2.32. The number of rotatable bonds is 8. The number of methoxy groups -OCH3 is 1. The summed E-state index contributed by atoms with van der Waals surface area (Å²) < 4.78 is 24.0. The Hall–Kier alpha value is -4.07. The fourth-order valence-electron chi connectivity index (χ4n) is 3.47. The molecule has 2 aromatic rings. The topological polar surface area (TPSA) is 108 Å². The Morgan fingerprint density at radius 1 is 1.23 bits per heavy atom. The Balaban J connectivity index is 1.47. The zero-order valence-electron chi connectivity index (χ0n) is 19.7. The Morgan fingerprint density at radius 2 is 1.94 bits per heavy atom. The first-order valence-electron chi connectivity index (χ1n) is 11.2. The maximum absolute atomic E-state index is 13.8. The van der Waals surface area contributed by atoms with Crippen LogP contribution in [0, 0.1) is 17.7 Å². The number of nitrogens with one attached hydrogen (secondary N) is 1. The number of imidazole rings is 1. The maximum Gasteiger partial charge on any atom is 0.415 e. The zero-order chi connectivity index (χ0) is 25.1. The number of aromatic nitrogens is 2. The van der Waals surface area contributed by atoms with Crippen LogP contribution in [0.2, 0.25) is 0 Å². The second kappa shape index (κ2) is 10.0. The van der Waals surface area contributed by atoms with Crippen molar-refractivity contribution in [3.8, 4) is 23.3 Å². The summed E-state index contributed by atoms with van der Waals surface area (Å²) in [5.41, 5.74) is 0.216. The summed E-state index contributed by atoms with van der Waals surface area (Å²) in [6.07, 6.45) is 3.52. The molecule has 0 saturated heterocycles. The molecular weight excluding hydrogens is 457 g/mol. The van der Waals surface area contributed by atoms with Crippen molar-refractivity contribution < 1.29 is 28.2 Å². The number of hydrogen-bond donors (Lipinski definition) is 1. The number of H-pyrrole nitrogens is 1. The second-order valence-electron chi connectivity index (χ2n) is 8.47. The van der Waals surface area contributed by atoms with Crippen LogP contribution in [-0.4, -0.2) is 78.0 Å². The van der Waals surface area contributed by atoms with Gasteiger partial charge in [0.2, 0.25) is 6.41 Å². The standard InChI is InChI=1S/C24H26FN5O5/c1-28(24(33)35-18-7-4-6-17(25)21(18)34-3)13-5-8-19-26-20(23(32)29(2)15-9-10-15)22(27-19)30(14-31)16-11-12-16/h4,6-7,14-16H,9-13H2,1-3H3,(H,26,27). The minimum atomic E-state index is -0.758. The summed E-state index contributed by atoms with van der Waals surface area (Å²) in [6.45, 7) is -0.0300. The van der Waals surface area contributed by atoms with Crippen molar-refractivity contribution >= 4 is 24.2 Å². The molecule has 0 radical (unpaired) electrons. The quantitative estimate of drug-likeness (QED) is 0.456. The summed E-state index contributed by atoms with van der Waals surface area (Å²) in [4.78, 5) is 48.7. The Bertz CT molecular complexity index is 1190. The van der Waals surface area contributed by atoms with Crippen LogP contribution in [0.3, 0.4) is 0 Å². The third-order valence-corrected chi connectivity index (χ3v) is 5.78. The highest BCUT2D eigenvalue weighted by molar-refractivity contribution is 5.99. The molecule has 3 amide bonds. The van der Waals surface area contributed by atoms with Gasteiger partial charge in [-0.15, -0.1) is 0 Å². The molecule has 2 saturated carbocycles. The van der Waals surface area contributed by atoms with E-state index in [1.165, 1.54) is 42.2 Å². The number of amides is 3. The van der Waals surface area contributed by atoms with Crippen LogP contribution in [0.5, 0.6) is 11.5 Å². The van der Waals surface area contributed by atoms with E-state index in [1.54, 1.807) is 11.9 Å². The van der Waals surface area contributed by atoms with Gasteiger partial charge in [-0.3, -0.25) is 19.4 Å². The van der Waals surface area contributed by atoms with Gasteiger partial charge in [0.1, 0.15) is 5.69 Å². The third-order valence-electron chi connectivity index (χ3n) is 5.78. The van der Waals surface area contributed by atoms with E-state index < -0.39 is 11.9 Å². The molecule has 2 aliphatic rings. The predicted octanol–water partition coefficient (Wildman–Crippen LogP) is 2.40. The minimum absolute atomic E-state index is 0.0232. The molecule has 0 unspecified atom stereocenters. The number of para-hydroxylation sites is 1. The van der Waals surface area contributed by atoms with Crippen molar-refractivity contribution in [2.24, 2.45) is 0 Å². The van der Waals surface area contributed by atoms with Crippen LogP contribution in [0.4, 0.5) is 15.0 Å². The molecule has 4 rings (SSSR count). The third kappa shape index (κ3) is 5.37. The molecular formula is C24H26FN5O5. The van der Waals surface area contributed by atoms with Crippen molar-refractivity contribution in [3.63, 3.8) is 0 Å². The van der Waals surface area contributed by atoms with Gasteiger partial charge in [-0.05, 0) is 43.7 Å². The van der Waals surface area contributed by atoms with Crippen molar-refractivity contribution in [1.29, 1.82) is 0 Å². The van der Waals surface area contributed by atoms with Crippen molar-refractivity contribution in [1.82, 2.24) is 19.8 Å². The van der Waals surface area contributed by atoms with Crippen LogP contribution in [-0.2, 0) is 4.79 Å². The van der Waals surface area contributed by atoms with Gasteiger partial charge in [-0.2, -0.15) is 0 Å². The number of carbonyl (C=O) groups excluding carboxylic acids is 3. The molecule has 0 bridgehead atoms. The molecule has 2 aliphatic carbocycles. The summed E-state index contributed by atoms with van der Waals surface area (Å²) in [5.74, 6) is 4.93. The molecule has 1 aromatic heterocycles. The van der Waals surface area contributed by atoms with Crippen molar-refractivity contribution in [2.75, 3.05) is 32.6 Å². The first kappa shape index (κ1) is 24.1. The molecule has 184 valence electrons. The van der Waals surface area contributed by atoms with Gasteiger partial charge in [0.25, 0.3) is 5.91 Å². The second-order valence-corrected chi connectivity index (χ2v) is 8.47. The van der Waals surface area contributed by atoms with E-state index in [-0.39, 0.29) is 53.4 Å². The number of nitrogens with zero attached hydrogens (tertiary/aromatic N) is 4. The molecule has 1 N–H and O–H groups in total. The highest BCUT2D eigenvalue weighted by Gasteiger charge is 2.37. The van der Waals surface area contributed by atoms with E-state index in [0.29, 0.717) is 6.41 Å². The molecule has 2 fully saturated rings. The summed E-state index contributed by atoms with van der Waals surface area (Å²) in [7, 11) is 4.47. The molecule has 0 spiro atoms. The van der Waals surface area contributed by atoms with Crippen LogP contribution in [0.1, 0.15) is 42.0 Å². The van der Waals surface area contributed by atoms with E-state index >= 15 is 0 Å². The molecule has 35 heavy (non-hydrogen) atoms. The smallest absolute Gasteiger partial charge is 0.415 e. The van der Waals surface area contributed by atoms with Gasteiger partial charge in [-0.25, -0.2) is 14.2 Å². The minimum Gasteiger partial charge on any atom is -0.490 e. The summed E-state index contributed by atoms with van der Waals surface area (Å²) in [5, 5.41) is 0. The largest absolute Gasteiger partial charge is 0.490 e. The maximum atomic E-state index is 13.8. The van der Waals surface area contributed by atoms with Crippen LogP contribution in [0.15, 0.2) is 18.2 Å². The number of carbonyl (C=O) groups is 3. The van der Waals surface area contributed by atoms with Gasteiger partial charge in [0.15, 0.2) is 29.0 Å². The lowest BCUT2D eigenvalue weighted by molar-refractivity contribution is -0.107. The van der Waals surface area contributed by atoms with E-state index in [1.807, 2.05) is 0 Å². The van der Waals surface area contributed by atoms with Gasteiger partial charge in [-0.1, -0.05) is 12.0 Å². The SMILES string of the molecule is COc1c(F)cccc1OC(=O)N(C)CC#Cc1nc(N(C=O)C2CC2)c(C(=O)N(C)C2CC2)[nH]1. The number of benzene rings is 1. The molecule has 1 aromatic carbocycles. The predicted molar refractivity (Wildman–Crippen MR) is 124 cm³/mol. The van der Waals surface area contributed by atoms with E-state index in [4.69, 9.17) is 9.47 Å². The Labute approximate surface area is 202 Å². The average molecular weight is 484 g/mol. The molecule has 0 aliphatic heterocycles. The number of halogens is 1. The van der Waals surface area contributed by atoms with E-state index in [0.717, 1.165) is 25.7 Å². The van der Waals surface area contributed by atoms with Crippen LogP contribution >= 0.6 is 0 Å². The number of anilines is 1. The van der Waals surface area contributed by atoms with Gasteiger partial charge in [0.05, 0.1) is 13.7 Å². The van der Waals surface area contributed by atoms with Crippen LogP contribution < -0.4 is 14.4 Å². The number of aromatic amines is 1. The van der Waals surface area contributed by atoms with Gasteiger partial charge in [0, 0.05) is 26.2 Å². The first-order chi connectivity index (χ1) is 16.8. The number of ether oxygens (including phenoxy) is 2. The van der Waals surface area contributed by atoms with Gasteiger partial charge >= 0.3 is 6.09 Å². The highest BCUT2D eigenvalue weighted by atomic mass is 19.1. The molecule has 11 heteroatoms. The molecule has 0 atom stereocenters. The fraction of sp³-hybridized carbons (Fsp3) is 0.417. The Kier molecular flexibility index (Phi) is 6.91. The lowest BCUT2D eigenvalue weighted by atomic mass is 10.3. The van der Waals surface area contributed by atoms with Crippen molar-refractivity contribution in [2.45, 2.75) is 37.8 Å². The van der Waals surface area contributed by atoms with Gasteiger partial charge < -0.3 is 19.4 Å². The normalized spacial score (nSPS) is 14.4. The van der Waals surface area contributed by atoms with E-state index in [2.05, 4.69) is 21.8 Å². The fourth-order valence-corrected chi connectivity index (χ4v) is 3.47. The highest BCUT2D eigenvalue weighted by Crippen LogP contribution is 2.33. The van der Waals surface area contributed by atoms with Crippen molar-refractivity contribution in [3.05, 3.63) is 35.5 Å². The summed E-state index contributed by atoms with van der Waals surface area (Å²) in [6, 6.07) is 4.22. The molecule has 10 nitrogen and oxygen atoms in total. The first-order valence-corrected chi connectivity index (χ1v) is 11.2. The zero-order valence-corrected chi connectivity index (χ0v) is 19.7. The average Bonchev–Trinajstić information content (AvgIpc) is 3.77. The molecule has 1 heterocycles. The number of hydrogen-bond acceptors (Lipinski definition) is 6.